The van der Waals surface area contributed by atoms with Crippen LogP contribution in [0.4, 0.5) is 11.4 Å². The van der Waals surface area contributed by atoms with Crippen molar-refractivity contribution in [1.29, 1.82) is 0 Å². The number of rotatable bonds is 5. The lowest BCUT2D eigenvalue weighted by Crippen LogP contribution is -2.43. The number of piperazine rings is 1. The van der Waals surface area contributed by atoms with E-state index in [0.29, 0.717) is 0 Å². The number of anilines is 2. The van der Waals surface area contributed by atoms with E-state index in [4.69, 9.17) is 0 Å². The maximum Gasteiger partial charge on any atom is 0.0682 e. The van der Waals surface area contributed by atoms with Crippen molar-refractivity contribution in [1.82, 2.24) is 15.6 Å². The van der Waals surface area contributed by atoms with Crippen LogP contribution in [0.5, 0.6) is 0 Å². The molecule has 3 heterocycles. The molecule has 1 saturated heterocycles. The summed E-state index contributed by atoms with van der Waals surface area (Å²) in [5, 5.41) is 11.3. The summed E-state index contributed by atoms with van der Waals surface area (Å²) in [5.74, 6) is 0. The molecule has 0 aromatic heterocycles. The van der Waals surface area contributed by atoms with Gasteiger partial charge >= 0.3 is 0 Å². The Kier molecular flexibility index (Phi) is 5.30. The minimum atomic E-state index is 0.863. The molecular formula is C25H29N5. The highest BCUT2D eigenvalue weighted by molar-refractivity contribution is 5.79. The highest BCUT2D eigenvalue weighted by atomic mass is 15.6. The first-order valence-corrected chi connectivity index (χ1v) is 10.8. The number of allylic oxidation sites excluding steroid dienone is 3. The zero-order valence-corrected chi connectivity index (χ0v) is 17.5. The van der Waals surface area contributed by atoms with Gasteiger partial charge in [0.05, 0.1) is 17.9 Å². The summed E-state index contributed by atoms with van der Waals surface area (Å²) in [4.78, 5) is 2.46. The summed E-state index contributed by atoms with van der Waals surface area (Å²) in [6.07, 6.45) is 8.59. The minimum Gasteiger partial charge on any atom is -0.369 e. The van der Waals surface area contributed by atoms with E-state index in [9.17, 15) is 0 Å². The lowest BCUT2D eigenvalue weighted by Gasteiger charge is -2.31. The molecule has 5 heteroatoms. The Morgan fingerprint density at radius 3 is 2.37 bits per heavy atom. The number of fused-ring (bicyclic) bond motifs is 1. The van der Waals surface area contributed by atoms with Crippen LogP contribution >= 0.6 is 0 Å². The molecule has 2 aromatic carbocycles. The van der Waals surface area contributed by atoms with Crippen molar-refractivity contribution in [3.8, 4) is 0 Å². The third kappa shape index (κ3) is 3.62. The van der Waals surface area contributed by atoms with E-state index < -0.39 is 0 Å². The van der Waals surface area contributed by atoms with E-state index in [1.54, 1.807) is 0 Å². The van der Waals surface area contributed by atoms with Gasteiger partial charge in [-0.3, -0.25) is 10.0 Å². The van der Waals surface area contributed by atoms with Crippen LogP contribution in [0.25, 0.3) is 5.57 Å². The van der Waals surface area contributed by atoms with Gasteiger partial charge in [0.1, 0.15) is 0 Å². The largest absolute Gasteiger partial charge is 0.369 e. The van der Waals surface area contributed by atoms with Gasteiger partial charge in [-0.05, 0) is 54.6 Å². The highest BCUT2D eigenvalue weighted by Gasteiger charge is 2.29. The van der Waals surface area contributed by atoms with Crippen molar-refractivity contribution < 1.29 is 0 Å². The van der Waals surface area contributed by atoms with Crippen molar-refractivity contribution in [2.45, 2.75) is 6.54 Å². The molecule has 154 valence electrons. The lowest BCUT2D eigenvalue weighted by atomic mass is 10.0. The van der Waals surface area contributed by atoms with Gasteiger partial charge in [-0.1, -0.05) is 30.3 Å². The summed E-state index contributed by atoms with van der Waals surface area (Å²) >= 11 is 0. The molecule has 1 fully saturated rings. The monoisotopic (exact) mass is 399 g/mol. The van der Waals surface area contributed by atoms with Gasteiger partial charge in [-0.25, -0.2) is 0 Å². The maximum atomic E-state index is 3.42. The Bertz CT molecular complexity index is 966. The number of hydrazine groups is 1. The maximum absolute atomic E-state index is 3.42. The molecule has 0 amide bonds. The fraction of sp³-hybridized carbons (Fsp3) is 0.280. The quantitative estimate of drug-likeness (QED) is 0.806. The Labute approximate surface area is 178 Å². The summed E-state index contributed by atoms with van der Waals surface area (Å²) in [6, 6.07) is 17.9. The van der Waals surface area contributed by atoms with E-state index in [-0.39, 0.29) is 0 Å². The molecule has 3 aliphatic rings. The molecule has 2 N–H and O–H groups in total. The summed E-state index contributed by atoms with van der Waals surface area (Å²) in [5.41, 5.74) is 7.74. The fourth-order valence-electron chi connectivity index (χ4n) is 4.43. The first-order chi connectivity index (χ1) is 14.8. The van der Waals surface area contributed by atoms with Crippen LogP contribution in [0.15, 0.2) is 78.7 Å². The Morgan fingerprint density at radius 1 is 0.900 bits per heavy atom. The summed E-state index contributed by atoms with van der Waals surface area (Å²) < 4.78 is 0. The third-order valence-corrected chi connectivity index (χ3v) is 6.03. The zero-order valence-electron chi connectivity index (χ0n) is 17.5. The SMILES string of the molecule is CNCc1ccc(N2CC(c3ccc(N4CCNCC4)cc3)=C3C=CC=CN32)cc1. The standard InChI is InChI=1S/C25H29N5/c1-26-18-20-5-9-23(10-6-20)30-19-24(25-4-2-3-15-29(25)30)21-7-11-22(12-8-21)28-16-13-27-14-17-28/h2-12,15,26-27H,13-14,16-19H2,1H3. The Hall–Kier alpha value is -3.02. The molecule has 3 aliphatic heterocycles. The molecule has 5 nitrogen and oxygen atoms in total. The first kappa shape index (κ1) is 19.0. The van der Waals surface area contributed by atoms with Gasteiger partial charge < -0.3 is 15.5 Å². The molecule has 0 spiro atoms. The average Bonchev–Trinajstić information content (AvgIpc) is 3.20. The second kappa shape index (κ2) is 8.38. The number of nitrogens with zero attached hydrogens (tertiary/aromatic N) is 3. The normalized spacial score (nSPS) is 18.4. The molecule has 5 rings (SSSR count). The van der Waals surface area contributed by atoms with Crippen molar-refractivity contribution in [3.63, 3.8) is 0 Å². The van der Waals surface area contributed by atoms with Gasteiger partial charge in [0, 0.05) is 50.2 Å². The second-order valence-electron chi connectivity index (χ2n) is 7.95. The zero-order chi connectivity index (χ0) is 20.3. The summed E-state index contributed by atoms with van der Waals surface area (Å²) in [6.45, 7) is 6.03. The molecule has 0 unspecified atom stereocenters. The van der Waals surface area contributed by atoms with Crippen LogP contribution in [-0.4, -0.2) is 44.8 Å². The van der Waals surface area contributed by atoms with Crippen LogP contribution < -0.4 is 20.5 Å². The average molecular weight is 400 g/mol. The van der Waals surface area contributed by atoms with Crippen LogP contribution in [0.3, 0.4) is 0 Å². The number of benzene rings is 2. The number of nitrogens with one attached hydrogen (secondary N) is 2. The van der Waals surface area contributed by atoms with Gasteiger partial charge in [-0.15, -0.1) is 0 Å². The van der Waals surface area contributed by atoms with Crippen LogP contribution in [0.1, 0.15) is 11.1 Å². The Balaban J connectivity index is 1.40. The van der Waals surface area contributed by atoms with Gasteiger partial charge in [0.2, 0.25) is 0 Å². The topological polar surface area (TPSA) is 33.8 Å². The molecule has 0 saturated carbocycles. The first-order valence-electron chi connectivity index (χ1n) is 10.8. The summed E-state index contributed by atoms with van der Waals surface area (Å²) in [7, 11) is 1.98. The van der Waals surface area contributed by atoms with Crippen molar-refractivity contribution in [3.05, 3.63) is 89.8 Å². The molecular weight excluding hydrogens is 370 g/mol. The van der Waals surface area contributed by atoms with Crippen LogP contribution in [0, 0.1) is 0 Å². The lowest BCUT2D eigenvalue weighted by molar-refractivity contribution is 0.477. The molecule has 2 aromatic rings. The molecule has 30 heavy (non-hydrogen) atoms. The Morgan fingerprint density at radius 2 is 1.63 bits per heavy atom. The van der Waals surface area contributed by atoms with E-state index in [1.165, 1.54) is 33.8 Å². The minimum absolute atomic E-state index is 0.863. The molecule has 0 bridgehead atoms. The number of hydrogen-bond donors (Lipinski definition) is 2. The van der Waals surface area contributed by atoms with Gasteiger partial charge in [0.25, 0.3) is 0 Å². The second-order valence-corrected chi connectivity index (χ2v) is 7.95. The van der Waals surface area contributed by atoms with E-state index >= 15 is 0 Å². The van der Waals surface area contributed by atoms with Crippen molar-refractivity contribution in [2.24, 2.45) is 0 Å². The van der Waals surface area contributed by atoms with Crippen LogP contribution in [-0.2, 0) is 6.54 Å². The predicted octanol–water partition coefficient (Wildman–Crippen LogP) is 3.35. The predicted molar refractivity (Wildman–Crippen MR) is 125 cm³/mol. The molecule has 0 atom stereocenters. The van der Waals surface area contributed by atoms with Crippen molar-refractivity contribution >= 4 is 16.9 Å². The number of hydrogen-bond acceptors (Lipinski definition) is 5. The highest BCUT2D eigenvalue weighted by Crippen LogP contribution is 2.37. The molecule has 0 aliphatic carbocycles. The van der Waals surface area contributed by atoms with Gasteiger partial charge in [-0.2, -0.15) is 0 Å². The van der Waals surface area contributed by atoms with Gasteiger partial charge in [0.15, 0.2) is 0 Å². The fourth-order valence-corrected chi connectivity index (χ4v) is 4.43. The van der Waals surface area contributed by atoms with E-state index in [1.807, 2.05) is 7.05 Å². The van der Waals surface area contributed by atoms with Crippen molar-refractivity contribution in [2.75, 3.05) is 49.7 Å². The molecule has 0 radical (unpaired) electrons. The van der Waals surface area contributed by atoms with E-state index in [2.05, 4.69) is 98.5 Å². The third-order valence-electron chi connectivity index (χ3n) is 6.03. The van der Waals surface area contributed by atoms with E-state index in [0.717, 1.165) is 39.3 Å². The smallest absolute Gasteiger partial charge is 0.0682 e. The van der Waals surface area contributed by atoms with Crippen LogP contribution in [0.2, 0.25) is 0 Å².